The number of nitrogens with one attached hydrogen (secondary N) is 1. The van der Waals surface area contributed by atoms with Crippen molar-refractivity contribution < 1.29 is 4.79 Å². The van der Waals surface area contributed by atoms with E-state index in [-0.39, 0.29) is 11.9 Å². The van der Waals surface area contributed by atoms with Crippen LogP contribution in [-0.4, -0.2) is 22.9 Å². The molecule has 1 N–H and O–H groups in total. The van der Waals surface area contributed by atoms with Gasteiger partial charge in [-0.15, -0.1) is 0 Å². The van der Waals surface area contributed by atoms with E-state index in [0.29, 0.717) is 29.6 Å². The highest BCUT2D eigenvalue weighted by Gasteiger charge is 2.31. The minimum Gasteiger partial charge on any atom is -0.343 e. The number of hydrogen-bond acceptors (Lipinski definition) is 5. The lowest BCUT2D eigenvalue weighted by molar-refractivity contribution is 0.0986. The van der Waals surface area contributed by atoms with Gasteiger partial charge in [0.05, 0.1) is 30.0 Å². The third-order valence-corrected chi connectivity index (χ3v) is 6.82. The van der Waals surface area contributed by atoms with Crippen molar-refractivity contribution in [2.24, 2.45) is 0 Å². The molecule has 1 amide bonds. The normalized spacial score (nSPS) is 12.6. The molecule has 1 aliphatic rings. The average Bonchev–Trinajstić information content (AvgIpc) is 3.07. The van der Waals surface area contributed by atoms with Crippen LogP contribution in [-0.2, 0) is 6.54 Å². The third-order valence-electron chi connectivity index (χ3n) is 6.82. The Labute approximate surface area is 222 Å². The highest BCUT2D eigenvalue weighted by molar-refractivity contribution is 6.13. The molecule has 6 heteroatoms. The molecule has 186 valence electrons. The number of benzene rings is 4. The Hall–Kier alpha value is -4.97. The van der Waals surface area contributed by atoms with Gasteiger partial charge in [0.2, 0.25) is 5.95 Å². The van der Waals surface area contributed by atoms with E-state index in [1.807, 2.05) is 103 Å². The molecular formula is C32H27N5O. The highest BCUT2D eigenvalue weighted by atomic mass is 16.2. The second kappa shape index (κ2) is 10.2. The van der Waals surface area contributed by atoms with Gasteiger partial charge < -0.3 is 10.2 Å². The number of fused-ring (bicyclic) bond motifs is 2. The zero-order chi connectivity index (χ0) is 25.9. The molecule has 2 heterocycles. The van der Waals surface area contributed by atoms with Crippen LogP contribution in [0.1, 0.15) is 33.1 Å². The first-order valence-corrected chi connectivity index (χ1v) is 12.6. The van der Waals surface area contributed by atoms with E-state index >= 15 is 0 Å². The Kier molecular flexibility index (Phi) is 6.28. The van der Waals surface area contributed by atoms with E-state index < -0.39 is 0 Å². The van der Waals surface area contributed by atoms with Crippen molar-refractivity contribution in [2.45, 2.75) is 12.6 Å². The van der Waals surface area contributed by atoms with Crippen LogP contribution in [0.25, 0.3) is 0 Å². The van der Waals surface area contributed by atoms with E-state index in [9.17, 15) is 4.79 Å². The minimum atomic E-state index is -0.138. The summed E-state index contributed by atoms with van der Waals surface area (Å²) in [7, 11) is 1.94. The number of aromatic nitrogens is 2. The molecule has 0 aliphatic carbocycles. The van der Waals surface area contributed by atoms with Gasteiger partial charge >= 0.3 is 0 Å². The van der Waals surface area contributed by atoms with Crippen LogP contribution in [0, 0.1) is 0 Å². The van der Waals surface area contributed by atoms with Gasteiger partial charge in [-0.3, -0.25) is 9.69 Å². The molecule has 6 nitrogen and oxygen atoms in total. The number of nitrogens with zero attached hydrogens (tertiary/aromatic N) is 4. The molecule has 0 atom stereocenters. The van der Waals surface area contributed by atoms with Crippen molar-refractivity contribution in [2.75, 3.05) is 22.2 Å². The highest BCUT2D eigenvalue weighted by Crippen LogP contribution is 2.39. The second-order valence-electron chi connectivity index (χ2n) is 9.25. The van der Waals surface area contributed by atoms with Gasteiger partial charge in [-0.05, 0) is 28.8 Å². The van der Waals surface area contributed by atoms with E-state index in [1.165, 1.54) is 0 Å². The van der Waals surface area contributed by atoms with E-state index in [0.717, 1.165) is 22.4 Å². The average molecular weight is 498 g/mol. The zero-order valence-electron chi connectivity index (χ0n) is 21.0. The lowest BCUT2D eigenvalue weighted by atomic mass is 9.99. The second-order valence-corrected chi connectivity index (χ2v) is 9.25. The van der Waals surface area contributed by atoms with Gasteiger partial charge in [-0.2, -0.15) is 4.98 Å². The molecule has 1 aromatic heterocycles. The zero-order valence-corrected chi connectivity index (χ0v) is 21.0. The van der Waals surface area contributed by atoms with Gasteiger partial charge in [0.25, 0.3) is 5.91 Å². The Morgan fingerprint density at radius 2 is 1.32 bits per heavy atom. The van der Waals surface area contributed by atoms with Gasteiger partial charge in [0.1, 0.15) is 5.69 Å². The Morgan fingerprint density at radius 1 is 0.737 bits per heavy atom. The van der Waals surface area contributed by atoms with Crippen molar-refractivity contribution >= 4 is 29.0 Å². The maximum atomic E-state index is 13.8. The molecule has 0 spiro atoms. The van der Waals surface area contributed by atoms with Crippen LogP contribution in [0.15, 0.2) is 121 Å². The van der Waals surface area contributed by atoms with Crippen LogP contribution in [0.4, 0.5) is 23.1 Å². The van der Waals surface area contributed by atoms with Gasteiger partial charge in [0, 0.05) is 7.05 Å². The molecule has 0 saturated heterocycles. The summed E-state index contributed by atoms with van der Waals surface area (Å²) >= 11 is 0. The van der Waals surface area contributed by atoms with Gasteiger partial charge in [-0.25, -0.2) is 4.98 Å². The lowest BCUT2D eigenvalue weighted by Gasteiger charge is -2.25. The first-order chi connectivity index (χ1) is 18.7. The predicted molar refractivity (Wildman–Crippen MR) is 152 cm³/mol. The summed E-state index contributed by atoms with van der Waals surface area (Å²) in [6.07, 6.45) is 1.75. The summed E-state index contributed by atoms with van der Waals surface area (Å²) in [5, 5.41) is 3.55. The minimum absolute atomic E-state index is 0.0780. The smallest absolute Gasteiger partial charge is 0.260 e. The fourth-order valence-electron chi connectivity index (χ4n) is 4.89. The number of carbonyl (C=O) groups is 1. The number of rotatable bonds is 6. The molecule has 0 bridgehead atoms. The maximum absolute atomic E-state index is 13.8. The first kappa shape index (κ1) is 23.4. The molecule has 0 radical (unpaired) electrons. The number of hydrogen-bond donors (Lipinski definition) is 1. The molecule has 38 heavy (non-hydrogen) atoms. The molecule has 0 saturated carbocycles. The third kappa shape index (κ3) is 4.48. The van der Waals surface area contributed by atoms with Crippen molar-refractivity contribution in [1.82, 2.24) is 9.97 Å². The van der Waals surface area contributed by atoms with Gasteiger partial charge in [-0.1, -0.05) is 103 Å². The van der Waals surface area contributed by atoms with E-state index in [4.69, 9.17) is 9.97 Å². The molecule has 4 aromatic carbocycles. The number of amides is 1. The maximum Gasteiger partial charge on any atom is 0.260 e. The van der Waals surface area contributed by atoms with Crippen molar-refractivity contribution in [3.05, 3.63) is 144 Å². The van der Waals surface area contributed by atoms with Crippen molar-refractivity contribution in [1.29, 1.82) is 0 Å². The molecular weight excluding hydrogens is 470 g/mol. The van der Waals surface area contributed by atoms with Crippen LogP contribution in [0.5, 0.6) is 0 Å². The predicted octanol–water partition coefficient (Wildman–Crippen LogP) is 6.61. The Balaban J connectivity index is 1.44. The van der Waals surface area contributed by atoms with E-state index in [2.05, 4.69) is 29.6 Å². The Bertz CT molecular complexity index is 1520. The van der Waals surface area contributed by atoms with E-state index in [1.54, 1.807) is 11.1 Å². The van der Waals surface area contributed by atoms with Crippen molar-refractivity contribution in [3.8, 4) is 0 Å². The van der Waals surface area contributed by atoms with Crippen LogP contribution in [0.3, 0.4) is 0 Å². The largest absolute Gasteiger partial charge is 0.343 e. The lowest BCUT2D eigenvalue weighted by Crippen LogP contribution is -2.30. The summed E-state index contributed by atoms with van der Waals surface area (Å²) in [6.45, 7) is 0.418. The molecule has 1 aliphatic heterocycles. The SMILES string of the molecule is CN1c2ccccc2C(=O)N(Cc2ccccc2)c2cnc(NC(c3ccccc3)c3ccccc3)nc21. The summed E-state index contributed by atoms with van der Waals surface area (Å²) < 4.78 is 0. The molecule has 0 fully saturated rings. The molecule has 5 aromatic rings. The number of para-hydroxylation sites is 1. The molecule has 0 unspecified atom stereocenters. The summed E-state index contributed by atoms with van der Waals surface area (Å²) in [6, 6.07) is 38.0. The fraction of sp³-hybridized carbons (Fsp3) is 0.0938. The summed E-state index contributed by atoms with van der Waals surface area (Å²) in [5.74, 6) is 1.07. The monoisotopic (exact) mass is 497 g/mol. The molecule has 6 rings (SSSR count). The summed E-state index contributed by atoms with van der Waals surface area (Å²) in [5.41, 5.74) is 5.35. The summed E-state index contributed by atoms with van der Waals surface area (Å²) in [4.78, 5) is 27.2. The number of anilines is 4. The quantitative estimate of drug-likeness (QED) is 0.286. The van der Waals surface area contributed by atoms with Crippen LogP contribution >= 0.6 is 0 Å². The standard InChI is InChI=1S/C32H27N5O/c1-36-27-20-12-11-19-26(27)31(38)37(22-23-13-5-2-6-14-23)28-21-33-32(35-30(28)36)34-29(24-15-7-3-8-16-24)25-17-9-4-10-18-25/h2-21,29H,22H2,1H3,(H,33,34,35). The van der Waals surface area contributed by atoms with Crippen molar-refractivity contribution in [3.63, 3.8) is 0 Å². The fourth-order valence-corrected chi connectivity index (χ4v) is 4.89. The van der Waals surface area contributed by atoms with Crippen LogP contribution < -0.4 is 15.1 Å². The van der Waals surface area contributed by atoms with Crippen LogP contribution in [0.2, 0.25) is 0 Å². The number of carbonyl (C=O) groups excluding carboxylic acids is 1. The topological polar surface area (TPSA) is 61.4 Å². The van der Waals surface area contributed by atoms with Gasteiger partial charge in [0.15, 0.2) is 5.82 Å². The first-order valence-electron chi connectivity index (χ1n) is 12.6. The Morgan fingerprint density at radius 3 is 1.97 bits per heavy atom.